The molecule has 0 bridgehead atoms. The molecule has 2 aromatic rings. The third kappa shape index (κ3) is 3.21. The summed E-state index contributed by atoms with van der Waals surface area (Å²) in [5.74, 6) is -1.71. The number of rotatable bonds is 3. The van der Waals surface area contributed by atoms with Crippen LogP contribution in [0.3, 0.4) is 0 Å². The lowest BCUT2D eigenvalue weighted by Gasteiger charge is -2.12. The number of benzene rings is 2. The highest BCUT2D eigenvalue weighted by atomic mass is 79.9. The van der Waals surface area contributed by atoms with Gasteiger partial charge in [0.2, 0.25) is 0 Å². The number of allylic oxidation sites excluding steroid dienone is 4. The van der Waals surface area contributed by atoms with E-state index in [1.54, 1.807) is 6.08 Å². The Kier molecular flexibility index (Phi) is 4.44. The van der Waals surface area contributed by atoms with E-state index < -0.39 is 26.4 Å². The minimum Gasteiger partial charge on any atom is -0.224 e. The average molecular weight is 411 g/mol. The van der Waals surface area contributed by atoms with Crippen molar-refractivity contribution in [3.8, 4) is 0 Å². The smallest absolute Gasteiger partial charge is 0.178 e. The van der Waals surface area contributed by atoms with Crippen LogP contribution < -0.4 is 0 Å². The van der Waals surface area contributed by atoms with E-state index in [9.17, 15) is 17.2 Å². The molecule has 0 amide bonds. The summed E-state index contributed by atoms with van der Waals surface area (Å²) in [6, 6.07) is 9.22. The lowest BCUT2D eigenvalue weighted by Crippen LogP contribution is -2.04. The van der Waals surface area contributed by atoms with Gasteiger partial charge in [0, 0.05) is 16.3 Å². The predicted octanol–water partition coefficient (Wildman–Crippen LogP) is 5.00. The molecule has 2 aromatic carbocycles. The van der Waals surface area contributed by atoms with E-state index >= 15 is 0 Å². The molecule has 124 valence electrons. The minimum absolute atomic E-state index is 0.0589. The molecular weight excluding hydrogens is 398 g/mol. The minimum atomic E-state index is -3.82. The molecule has 0 radical (unpaired) electrons. The van der Waals surface area contributed by atoms with Crippen molar-refractivity contribution >= 4 is 36.9 Å². The Bertz CT molecular complexity index is 992. The van der Waals surface area contributed by atoms with Gasteiger partial charge in [0.15, 0.2) is 9.84 Å². The van der Waals surface area contributed by atoms with Crippen LogP contribution in [0, 0.1) is 11.6 Å². The maximum absolute atomic E-state index is 14.5. The van der Waals surface area contributed by atoms with Gasteiger partial charge in [-0.2, -0.15) is 0 Å². The highest BCUT2D eigenvalue weighted by Gasteiger charge is 2.22. The molecule has 0 aromatic heterocycles. The zero-order chi connectivity index (χ0) is 17.5. The van der Waals surface area contributed by atoms with Gasteiger partial charge in [-0.05, 0) is 47.4 Å². The van der Waals surface area contributed by atoms with Gasteiger partial charge in [0.1, 0.15) is 16.5 Å². The van der Waals surface area contributed by atoms with E-state index in [0.29, 0.717) is 12.0 Å². The van der Waals surface area contributed by atoms with Gasteiger partial charge in [-0.15, -0.1) is 0 Å². The molecule has 6 heteroatoms. The summed E-state index contributed by atoms with van der Waals surface area (Å²) in [5, 5.41) is 0. The summed E-state index contributed by atoms with van der Waals surface area (Å²) in [6.45, 7) is 0. The molecular formula is C18H13BrF2O2S. The van der Waals surface area contributed by atoms with Gasteiger partial charge < -0.3 is 0 Å². The highest BCUT2D eigenvalue weighted by molar-refractivity contribution is 9.10. The molecule has 1 aliphatic rings. The van der Waals surface area contributed by atoms with Crippen LogP contribution in [-0.2, 0) is 9.84 Å². The molecule has 2 nitrogen and oxygen atoms in total. The van der Waals surface area contributed by atoms with Crippen molar-refractivity contribution in [2.45, 2.75) is 11.3 Å². The summed E-state index contributed by atoms with van der Waals surface area (Å²) in [4.78, 5) is -0.629. The number of halogens is 3. The molecule has 0 spiro atoms. The Morgan fingerprint density at radius 3 is 2.38 bits per heavy atom. The van der Waals surface area contributed by atoms with Crippen molar-refractivity contribution in [2.75, 3.05) is 6.26 Å². The Morgan fingerprint density at radius 1 is 1.00 bits per heavy atom. The molecule has 0 N–H and O–H groups in total. The summed E-state index contributed by atoms with van der Waals surface area (Å²) >= 11 is 3.40. The lowest BCUT2D eigenvalue weighted by molar-refractivity contribution is 0.554. The van der Waals surface area contributed by atoms with Gasteiger partial charge in [-0.25, -0.2) is 17.2 Å². The maximum Gasteiger partial charge on any atom is 0.178 e. The first-order valence-corrected chi connectivity index (χ1v) is 9.82. The topological polar surface area (TPSA) is 34.1 Å². The van der Waals surface area contributed by atoms with Crippen molar-refractivity contribution in [3.05, 3.63) is 75.8 Å². The summed E-state index contributed by atoms with van der Waals surface area (Å²) in [5.41, 5.74) is 2.29. The standard InChI is InChI=1S/C18H13BrF2O2S/c1-24(22,23)18-10-16(20)15(9-17(18)21)14-7-3-6-13(14)11-4-2-5-12(19)8-11/h2,4-10H,3H2,1H3. The van der Waals surface area contributed by atoms with Crippen LogP contribution in [0.15, 0.2) is 57.9 Å². The molecule has 0 saturated carbocycles. The molecule has 0 unspecified atom stereocenters. The Hall–Kier alpha value is -1.79. The Labute approximate surface area is 147 Å². The van der Waals surface area contributed by atoms with Crippen molar-refractivity contribution < 1.29 is 17.2 Å². The fourth-order valence-corrected chi connectivity index (χ4v) is 3.85. The Morgan fingerprint density at radius 2 is 1.71 bits per heavy atom. The molecule has 0 atom stereocenters. The first-order valence-electron chi connectivity index (χ1n) is 7.13. The molecule has 0 saturated heterocycles. The average Bonchev–Trinajstić information content (AvgIpc) is 2.97. The van der Waals surface area contributed by atoms with Crippen LogP contribution in [-0.4, -0.2) is 14.7 Å². The van der Waals surface area contributed by atoms with Crippen molar-refractivity contribution in [1.29, 1.82) is 0 Å². The summed E-state index contributed by atoms with van der Waals surface area (Å²) in [7, 11) is -3.82. The van der Waals surface area contributed by atoms with Gasteiger partial charge in [0.05, 0.1) is 0 Å². The van der Waals surface area contributed by atoms with Crippen LogP contribution in [0.1, 0.15) is 17.5 Å². The molecule has 24 heavy (non-hydrogen) atoms. The number of hydrogen-bond acceptors (Lipinski definition) is 2. The van der Waals surface area contributed by atoms with Crippen LogP contribution >= 0.6 is 15.9 Å². The first kappa shape index (κ1) is 17.0. The predicted molar refractivity (Wildman–Crippen MR) is 94.2 cm³/mol. The molecule has 0 aliphatic heterocycles. The summed E-state index contributed by atoms with van der Waals surface area (Å²) < 4.78 is 52.6. The largest absolute Gasteiger partial charge is 0.224 e. The van der Waals surface area contributed by atoms with Crippen molar-refractivity contribution in [2.24, 2.45) is 0 Å². The van der Waals surface area contributed by atoms with E-state index in [1.807, 2.05) is 30.3 Å². The van der Waals surface area contributed by atoms with Crippen LogP contribution in [0.25, 0.3) is 11.1 Å². The monoisotopic (exact) mass is 410 g/mol. The SMILES string of the molecule is CS(=O)(=O)c1cc(F)c(C2=CCC=C2c2cccc(Br)c2)cc1F. The normalized spacial score (nSPS) is 14.5. The quantitative estimate of drug-likeness (QED) is 0.713. The molecule has 0 heterocycles. The fraction of sp³-hybridized carbons (Fsp3) is 0.111. The van der Waals surface area contributed by atoms with E-state index in [4.69, 9.17) is 0 Å². The van der Waals surface area contributed by atoms with Crippen LogP contribution in [0.5, 0.6) is 0 Å². The maximum atomic E-state index is 14.5. The third-order valence-electron chi connectivity index (χ3n) is 3.78. The number of sulfone groups is 1. The van der Waals surface area contributed by atoms with Gasteiger partial charge in [-0.3, -0.25) is 0 Å². The second-order valence-corrected chi connectivity index (χ2v) is 8.42. The second-order valence-electron chi connectivity index (χ2n) is 5.52. The highest BCUT2D eigenvalue weighted by Crippen LogP contribution is 2.38. The lowest BCUT2D eigenvalue weighted by atomic mass is 9.94. The molecule has 1 aliphatic carbocycles. The second kappa shape index (κ2) is 6.26. The molecule has 3 rings (SSSR count). The van der Waals surface area contributed by atoms with E-state index in [-0.39, 0.29) is 5.56 Å². The van der Waals surface area contributed by atoms with Crippen molar-refractivity contribution in [3.63, 3.8) is 0 Å². The zero-order valence-electron chi connectivity index (χ0n) is 12.7. The van der Waals surface area contributed by atoms with Crippen molar-refractivity contribution in [1.82, 2.24) is 0 Å². The van der Waals surface area contributed by atoms with Gasteiger partial charge >= 0.3 is 0 Å². The van der Waals surface area contributed by atoms with Crippen LogP contribution in [0.2, 0.25) is 0 Å². The van der Waals surface area contributed by atoms with Gasteiger partial charge in [-0.1, -0.05) is 40.2 Å². The van der Waals surface area contributed by atoms with E-state index in [2.05, 4.69) is 15.9 Å². The molecule has 0 fully saturated rings. The Balaban J connectivity index is 2.10. The third-order valence-corrected chi connectivity index (χ3v) is 5.39. The van der Waals surface area contributed by atoms with Gasteiger partial charge in [0.25, 0.3) is 0 Å². The first-order chi connectivity index (χ1) is 11.3. The van der Waals surface area contributed by atoms with E-state index in [0.717, 1.165) is 34.0 Å². The van der Waals surface area contributed by atoms with Crippen LogP contribution in [0.4, 0.5) is 8.78 Å². The number of hydrogen-bond donors (Lipinski definition) is 0. The zero-order valence-corrected chi connectivity index (χ0v) is 15.1. The van der Waals surface area contributed by atoms with E-state index in [1.165, 1.54) is 0 Å². The fourth-order valence-electron chi connectivity index (χ4n) is 2.72. The summed E-state index contributed by atoms with van der Waals surface area (Å²) in [6.07, 6.45) is 5.19.